The van der Waals surface area contributed by atoms with E-state index in [-0.39, 0.29) is 0 Å². The summed E-state index contributed by atoms with van der Waals surface area (Å²) in [5, 5.41) is 0. The molecule has 0 saturated carbocycles. The number of ether oxygens (including phenoxy) is 2. The molecule has 0 atom stereocenters. The highest BCUT2D eigenvalue weighted by molar-refractivity contribution is 7.80. The molecule has 2 aliphatic rings. The first-order chi connectivity index (χ1) is 6.88. The lowest BCUT2D eigenvalue weighted by molar-refractivity contribution is 0.0600. The molecule has 2 fully saturated rings. The Kier molecular flexibility index (Phi) is 4.42. The Balaban J connectivity index is 1.82. The number of rotatable bonds is 2. The molecule has 0 aromatic carbocycles. The van der Waals surface area contributed by atoms with Gasteiger partial charge in [-0.1, -0.05) is 11.2 Å². The fourth-order valence-corrected chi connectivity index (χ4v) is 3.87. The zero-order valence-corrected chi connectivity index (χ0v) is 9.84. The van der Waals surface area contributed by atoms with E-state index in [0.29, 0.717) is 0 Å². The maximum Gasteiger partial charge on any atom is 0.140 e. The van der Waals surface area contributed by atoms with Gasteiger partial charge in [-0.3, -0.25) is 9.34 Å². The maximum absolute atomic E-state index is 6.44. The second-order valence-electron chi connectivity index (χ2n) is 3.37. The van der Waals surface area contributed by atoms with Gasteiger partial charge in [-0.25, -0.2) is 0 Å². The van der Waals surface area contributed by atoms with E-state index in [9.17, 15) is 0 Å². The van der Waals surface area contributed by atoms with Crippen LogP contribution in [-0.4, -0.2) is 61.9 Å². The lowest BCUT2D eigenvalue weighted by Crippen LogP contribution is -2.39. The Morgan fingerprint density at radius 1 is 0.786 bits per heavy atom. The SMILES string of the molecule is ClP(N1CCOCC1)N1CCOCC1. The van der Waals surface area contributed by atoms with Crippen molar-refractivity contribution < 1.29 is 9.47 Å². The van der Waals surface area contributed by atoms with Crippen molar-refractivity contribution in [3.8, 4) is 0 Å². The largest absolute Gasteiger partial charge is 0.379 e. The highest BCUT2D eigenvalue weighted by Gasteiger charge is 2.26. The lowest BCUT2D eigenvalue weighted by Gasteiger charge is -2.38. The van der Waals surface area contributed by atoms with E-state index in [4.69, 9.17) is 20.7 Å². The molecule has 14 heavy (non-hydrogen) atoms. The van der Waals surface area contributed by atoms with Crippen molar-refractivity contribution in [2.45, 2.75) is 0 Å². The van der Waals surface area contributed by atoms with Crippen LogP contribution in [0.15, 0.2) is 0 Å². The third-order valence-electron chi connectivity index (χ3n) is 2.44. The minimum Gasteiger partial charge on any atom is -0.379 e. The number of hydrogen-bond acceptors (Lipinski definition) is 4. The van der Waals surface area contributed by atoms with E-state index in [2.05, 4.69) is 9.34 Å². The van der Waals surface area contributed by atoms with Crippen LogP contribution in [0.4, 0.5) is 0 Å². The van der Waals surface area contributed by atoms with E-state index in [1.54, 1.807) is 0 Å². The van der Waals surface area contributed by atoms with Gasteiger partial charge >= 0.3 is 0 Å². The predicted molar refractivity (Wildman–Crippen MR) is 57.6 cm³/mol. The van der Waals surface area contributed by atoms with Gasteiger partial charge in [-0.2, -0.15) is 0 Å². The van der Waals surface area contributed by atoms with Crippen molar-refractivity contribution >= 4 is 18.8 Å². The standard InChI is InChI=1S/C8H16ClN2O2P/c9-14(10-1-5-12-6-2-10)11-3-7-13-8-4-11/h1-8H2. The zero-order valence-electron chi connectivity index (χ0n) is 8.19. The molecule has 2 heterocycles. The normalized spacial score (nSPS) is 27.0. The molecule has 82 valence electrons. The van der Waals surface area contributed by atoms with Crippen molar-refractivity contribution in [2.75, 3.05) is 52.6 Å². The van der Waals surface area contributed by atoms with Crippen molar-refractivity contribution in [1.82, 2.24) is 9.34 Å². The molecule has 0 radical (unpaired) electrons. The Morgan fingerprint density at radius 2 is 1.14 bits per heavy atom. The molecule has 0 N–H and O–H groups in total. The summed E-state index contributed by atoms with van der Waals surface area (Å²) in [6, 6.07) is 0. The first kappa shape index (κ1) is 11.1. The molecular formula is C8H16ClN2O2P. The van der Waals surface area contributed by atoms with Crippen LogP contribution in [0.2, 0.25) is 0 Å². The molecule has 2 rings (SSSR count). The third-order valence-corrected chi connectivity index (χ3v) is 5.46. The first-order valence-electron chi connectivity index (χ1n) is 4.99. The topological polar surface area (TPSA) is 24.9 Å². The Hall–Kier alpha value is 0.560. The molecule has 2 aliphatic heterocycles. The van der Waals surface area contributed by atoms with Crippen LogP contribution in [0.5, 0.6) is 0 Å². The molecule has 0 aromatic heterocycles. The van der Waals surface area contributed by atoms with Crippen LogP contribution in [-0.2, 0) is 9.47 Å². The summed E-state index contributed by atoms with van der Waals surface area (Å²) >= 11 is 6.44. The molecule has 2 saturated heterocycles. The molecule has 4 nitrogen and oxygen atoms in total. The Labute approximate surface area is 90.7 Å². The van der Waals surface area contributed by atoms with Crippen LogP contribution in [0, 0.1) is 0 Å². The van der Waals surface area contributed by atoms with Crippen molar-refractivity contribution in [2.24, 2.45) is 0 Å². The molecule has 0 unspecified atom stereocenters. The zero-order chi connectivity index (χ0) is 9.80. The number of hydrogen-bond donors (Lipinski definition) is 0. The van der Waals surface area contributed by atoms with Crippen LogP contribution in [0.25, 0.3) is 0 Å². The van der Waals surface area contributed by atoms with Crippen molar-refractivity contribution in [3.63, 3.8) is 0 Å². The van der Waals surface area contributed by atoms with Gasteiger partial charge in [0.2, 0.25) is 0 Å². The average Bonchev–Trinajstić information content (AvgIpc) is 2.30. The maximum atomic E-state index is 6.44. The summed E-state index contributed by atoms with van der Waals surface area (Å²) in [6.07, 6.45) is 0. The second-order valence-corrected chi connectivity index (χ2v) is 5.89. The molecular weight excluding hydrogens is 223 g/mol. The van der Waals surface area contributed by atoms with Gasteiger partial charge in [0.25, 0.3) is 0 Å². The molecule has 0 spiro atoms. The van der Waals surface area contributed by atoms with Crippen LogP contribution < -0.4 is 0 Å². The quantitative estimate of drug-likeness (QED) is 0.673. The number of morpholine rings is 2. The highest BCUT2D eigenvalue weighted by Crippen LogP contribution is 2.49. The van der Waals surface area contributed by atoms with Crippen LogP contribution in [0.1, 0.15) is 0 Å². The van der Waals surface area contributed by atoms with Crippen LogP contribution >= 0.6 is 18.8 Å². The van der Waals surface area contributed by atoms with Gasteiger partial charge in [0.15, 0.2) is 0 Å². The van der Waals surface area contributed by atoms with Crippen molar-refractivity contribution in [1.29, 1.82) is 0 Å². The van der Waals surface area contributed by atoms with E-state index in [1.807, 2.05) is 0 Å². The minimum absolute atomic E-state index is 0.638. The predicted octanol–water partition coefficient (Wildman–Crippen LogP) is 1.12. The third kappa shape index (κ3) is 2.78. The number of halogens is 1. The summed E-state index contributed by atoms with van der Waals surface area (Å²) < 4.78 is 15.3. The number of nitrogens with zero attached hydrogens (tertiary/aromatic N) is 2. The second kappa shape index (κ2) is 5.59. The van der Waals surface area contributed by atoms with Gasteiger partial charge in [0.1, 0.15) is 7.58 Å². The summed E-state index contributed by atoms with van der Waals surface area (Å²) in [7, 11) is -0.638. The van der Waals surface area contributed by atoms with E-state index < -0.39 is 7.58 Å². The van der Waals surface area contributed by atoms with Gasteiger partial charge in [0, 0.05) is 26.2 Å². The van der Waals surface area contributed by atoms with Crippen LogP contribution in [0.3, 0.4) is 0 Å². The minimum atomic E-state index is -0.638. The lowest BCUT2D eigenvalue weighted by atomic mass is 10.5. The average molecular weight is 239 g/mol. The molecule has 0 aliphatic carbocycles. The summed E-state index contributed by atoms with van der Waals surface area (Å²) in [5.41, 5.74) is 0. The highest BCUT2D eigenvalue weighted by atomic mass is 35.7. The summed E-state index contributed by atoms with van der Waals surface area (Å²) in [5.74, 6) is 0. The summed E-state index contributed by atoms with van der Waals surface area (Å²) in [6.45, 7) is 7.12. The fraction of sp³-hybridized carbons (Fsp3) is 1.00. The Morgan fingerprint density at radius 3 is 1.50 bits per heavy atom. The molecule has 6 heteroatoms. The van der Waals surface area contributed by atoms with E-state index in [1.165, 1.54) is 0 Å². The van der Waals surface area contributed by atoms with Gasteiger partial charge in [-0.05, 0) is 0 Å². The van der Waals surface area contributed by atoms with Gasteiger partial charge in [-0.15, -0.1) is 0 Å². The Bertz CT molecular complexity index is 157. The monoisotopic (exact) mass is 238 g/mol. The first-order valence-corrected chi connectivity index (χ1v) is 7.14. The molecule has 0 amide bonds. The smallest absolute Gasteiger partial charge is 0.140 e. The molecule has 0 aromatic rings. The summed E-state index contributed by atoms with van der Waals surface area (Å²) in [4.78, 5) is 0. The molecule has 0 bridgehead atoms. The van der Waals surface area contributed by atoms with Gasteiger partial charge < -0.3 is 9.47 Å². The van der Waals surface area contributed by atoms with E-state index in [0.717, 1.165) is 52.6 Å². The van der Waals surface area contributed by atoms with Gasteiger partial charge in [0.05, 0.1) is 26.4 Å². The fourth-order valence-electron chi connectivity index (χ4n) is 1.62. The van der Waals surface area contributed by atoms with E-state index >= 15 is 0 Å². The van der Waals surface area contributed by atoms with Crippen molar-refractivity contribution in [3.05, 3.63) is 0 Å².